The van der Waals surface area contributed by atoms with E-state index in [4.69, 9.17) is 4.74 Å². The molecule has 0 aliphatic heterocycles. The van der Waals surface area contributed by atoms with Gasteiger partial charge in [-0.3, -0.25) is 9.78 Å². The maximum Gasteiger partial charge on any atom is 0.337 e. The summed E-state index contributed by atoms with van der Waals surface area (Å²) in [7, 11) is 1.34. The number of carbonyl (C=O) groups excluding carboxylic acids is 2. The molecule has 2 aromatic carbocycles. The first-order chi connectivity index (χ1) is 16.5. The maximum absolute atomic E-state index is 13.3. The van der Waals surface area contributed by atoms with Crippen LogP contribution in [0.3, 0.4) is 0 Å². The fourth-order valence-corrected chi connectivity index (χ4v) is 3.87. The van der Waals surface area contributed by atoms with Crippen LogP contribution in [0, 0.1) is 5.82 Å². The van der Waals surface area contributed by atoms with Crippen LogP contribution in [0.1, 0.15) is 53.0 Å². The Hall–Kier alpha value is -4.07. The smallest absolute Gasteiger partial charge is 0.337 e. The zero-order valence-corrected chi connectivity index (χ0v) is 19.2. The van der Waals surface area contributed by atoms with E-state index in [0.717, 1.165) is 18.4 Å². The van der Waals surface area contributed by atoms with Crippen LogP contribution in [0.25, 0.3) is 16.6 Å². The van der Waals surface area contributed by atoms with Crippen LogP contribution in [0.5, 0.6) is 0 Å². The quantitative estimate of drug-likeness (QED) is 0.433. The number of nitrogens with zero attached hydrogens (tertiary/aromatic N) is 3. The Morgan fingerprint density at radius 2 is 1.79 bits per heavy atom. The van der Waals surface area contributed by atoms with Crippen molar-refractivity contribution in [2.45, 2.75) is 32.2 Å². The zero-order chi connectivity index (χ0) is 24.3. The van der Waals surface area contributed by atoms with E-state index in [1.807, 2.05) is 19.9 Å². The molecule has 0 radical (unpaired) electrons. The van der Waals surface area contributed by atoms with Gasteiger partial charge in [0.15, 0.2) is 0 Å². The summed E-state index contributed by atoms with van der Waals surface area (Å²) in [5.74, 6) is -1.03. The van der Waals surface area contributed by atoms with Gasteiger partial charge in [0, 0.05) is 11.6 Å². The lowest BCUT2D eigenvalue weighted by Gasteiger charge is -2.19. The average Bonchev–Trinajstić information content (AvgIpc) is 3.54. The Balaban J connectivity index is 0.00000133. The first-order valence-electron chi connectivity index (χ1n) is 11.1. The molecule has 7 nitrogen and oxygen atoms in total. The number of fused-ring (bicyclic) bond motifs is 1. The Bertz CT molecular complexity index is 1340. The lowest BCUT2D eigenvalue weighted by molar-refractivity contribution is 0.0600. The van der Waals surface area contributed by atoms with E-state index < -0.39 is 11.5 Å². The number of esters is 1. The number of aromatic nitrogens is 3. The minimum absolute atomic E-state index is 0.275. The monoisotopic (exact) mass is 460 g/mol. The summed E-state index contributed by atoms with van der Waals surface area (Å²) in [4.78, 5) is 29.3. The van der Waals surface area contributed by atoms with Crippen molar-refractivity contribution < 1.29 is 18.7 Å². The Morgan fingerprint density at radius 1 is 1.06 bits per heavy atom. The number of hydrogen-bond donors (Lipinski definition) is 1. The van der Waals surface area contributed by atoms with Crippen LogP contribution in [-0.4, -0.2) is 33.8 Å². The van der Waals surface area contributed by atoms with E-state index in [1.165, 1.54) is 25.4 Å². The summed E-state index contributed by atoms with van der Waals surface area (Å²) in [6.07, 6.45) is 6.26. The van der Waals surface area contributed by atoms with Gasteiger partial charge in [-0.05, 0) is 54.8 Å². The summed E-state index contributed by atoms with van der Waals surface area (Å²) in [5, 5.41) is 8.13. The van der Waals surface area contributed by atoms with Crippen molar-refractivity contribution in [3.8, 4) is 5.69 Å². The van der Waals surface area contributed by atoms with Gasteiger partial charge in [0.05, 0.1) is 47.4 Å². The number of pyridine rings is 1. The van der Waals surface area contributed by atoms with E-state index in [0.29, 0.717) is 27.7 Å². The van der Waals surface area contributed by atoms with Crippen molar-refractivity contribution in [1.29, 1.82) is 0 Å². The number of ether oxygens (including phenoxy) is 1. The van der Waals surface area contributed by atoms with E-state index in [-0.39, 0.29) is 11.7 Å². The van der Waals surface area contributed by atoms with Crippen LogP contribution in [0.2, 0.25) is 0 Å². The van der Waals surface area contributed by atoms with Gasteiger partial charge in [0.1, 0.15) is 5.82 Å². The Labute approximate surface area is 196 Å². The molecule has 174 valence electrons. The van der Waals surface area contributed by atoms with Gasteiger partial charge in [0.25, 0.3) is 5.91 Å². The third-order valence-corrected chi connectivity index (χ3v) is 5.75. The van der Waals surface area contributed by atoms with Crippen molar-refractivity contribution in [3.05, 3.63) is 89.6 Å². The molecular formula is C26H25FN4O3. The van der Waals surface area contributed by atoms with Gasteiger partial charge in [-0.25, -0.2) is 13.9 Å². The Morgan fingerprint density at radius 3 is 2.47 bits per heavy atom. The molecule has 1 aliphatic rings. The summed E-state index contributed by atoms with van der Waals surface area (Å²) in [6.45, 7) is 4.00. The fraction of sp³-hybridized carbons (Fsp3) is 0.231. The van der Waals surface area contributed by atoms with E-state index in [1.54, 1.807) is 47.4 Å². The number of halogens is 1. The van der Waals surface area contributed by atoms with Crippen LogP contribution in [0.4, 0.5) is 4.39 Å². The van der Waals surface area contributed by atoms with Gasteiger partial charge in [-0.1, -0.05) is 26.0 Å². The predicted molar refractivity (Wildman–Crippen MR) is 126 cm³/mol. The molecule has 5 rings (SSSR count). The van der Waals surface area contributed by atoms with Crippen molar-refractivity contribution in [2.24, 2.45) is 0 Å². The third-order valence-electron chi connectivity index (χ3n) is 5.75. The number of hydrogen-bond acceptors (Lipinski definition) is 5. The highest BCUT2D eigenvalue weighted by atomic mass is 19.1. The standard InChI is InChI=1S/C24H19FN4O3.C2H6/c1-32-23(31)15-3-2-4-16(11-15)24(9-10-24)28-22(30)20-12-26-14-21-19(20)13-27-29(21)18-7-5-17(25)6-8-18;1-2/h2-8,11-14H,9-10H2,1H3,(H,28,30);1-2H3. The molecule has 8 heteroatoms. The highest BCUT2D eigenvalue weighted by Gasteiger charge is 2.46. The molecule has 0 bridgehead atoms. The minimum atomic E-state index is -0.532. The highest BCUT2D eigenvalue weighted by Crippen LogP contribution is 2.46. The largest absolute Gasteiger partial charge is 0.465 e. The van der Waals surface area contributed by atoms with Gasteiger partial charge < -0.3 is 10.1 Å². The second kappa shape index (κ2) is 9.43. The van der Waals surface area contributed by atoms with Gasteiger partial charge in [-0.15, -0.1) is 0 Å². The lowest BCUT2D eigenvalue weighted by atomic mass is 10.0. The van der Waals surface area contributed by atoms with Crippen molar-refractivity contribution in [2.75, 3.05) is 7.11 Å². The minimum Gasteiger partial charge on any atom is -0.465 e. The van der Waals surface area contributed by atoms with Crippen LogP contribution in [-0.2, 0) is 10.3 Å². The molecule has 2 aromatic heterocycles. The fourth-order valence-electron chi connectivity index (χ4n) is 3.87. The normalized spacial score (nSPS) is 13.5. The number of benzene rings is 2. The third kappa shape index (κ3) is 4.26. The predicted octanol–water partition coefficient (Wildman–Crippen LogP) is 4.79. The van der Waals surface area contributed by atoms with Crippen LogP contribution in [0.15, 0.2) is 67.1 Å². The molecule has 2 heterocycles. The zero-order valence-electron chi connectivity index (χ0n) is 19.2. The topological polar surface area (TPSA) is 86.1 Å². The van der Waals surface area contributed by atoms with Gasteiger partial charge in [-0.2, -0.15) is 5.10 Å². The Kier molecular flexibility index (Phi) is 6.40. The van der Waals surface area contributed by atoms with Crippen molar-refractivity contribution in [1.82, 2.24) is 20.1 Å². The number of carbonyl (C=O) groups is 2. The maximum atomic E-state index is 13.3. The molecule has 0 saturated heterocycles. The second-order valence-corrected chi connectivity index (χ2v) is 7.76. The SMILES string of the molecule is CC.COC(=O)c1cccc(C2(NC(=O)c3cncc4c3cnn4-c3ccc(F)cc3)CC2)c1. The molecule has 0 atom stereocenters. The number of nitrogens with one attached hydrogen (secondary N) is 1. The number of rotatable bonds is 5. The van der Waals surface area contributed by atoms with Gasteiger partial charge >= 0.3 is 5.97 Å². The lowest BCUT2D eigenvalue weighted by Crippen LogP contribution is -2.35. The molecular weight excluding hydrogens is 435 g/mol. The summed E-state index contributed by atoms with van der Waals surface area (Å²) in [5.41, 5.74) is 2.47. The molecule has 1 fully saturated rings. The van der Waals surface area contributed by atoms with E-state index in [9.17, 15) is 14.0 Å². The summed E-state index contributed by atoms with van der Waals surface area (Å²) >= 11 is 0. The highest BCUT2D eigenvalue weighted by molar-refractivity contribution is 6.06. The van der Waals surface area contributed by atoms with Gasteiger partial charge in [0.2, 0.25) is 0 Å². The van der Waals surface area contributed by atoms with E-state index in [2.05, 4.69) is 15.4 Å². The molecule has 1 saturated carbocycles. The molecule has 1 amide bonds. The van der Waals surface area contributed by atoms with Crippen molar-refractivity contribution >= 4 is 22.8 Å². The molecule has 1 N–H and O–H groups in total. The first-order valence-corrected chi connectivity index (χ1v) is 11.1. The second-order valence-electron chi connectivity index (χ2n) is 7.76. The first kappa shape index (κ1) is 23.1. The number of amides is 1. The molecule has 4 aromatic rings. The number of methoxy groups -OCH3 is 1. The van der Waals surface area contributed by atoms with E-state index >= 15 is 0 Å². The van der Waals surface area contributed by atoms with Crippen LogP contribution < -0.4 is 5.32 Å². The molecule has 0 unspecified atom stereocenters. The van der Waals surface area contributed by atoms with Crippen molar-refractivity contribution in [3.63, 3.8) is 0 Å². The molecule has 1 aliphatic carbocycles. The van der Waals surface area contributed by atoms with Crippen LogP contribution >= 0.6 is 0 Å². The molecule has 0 spiro atoms. The summed E-state index contributed by atoms with van der Waals surface area (Å²) in [6, 6.07) is 13.0. The average molecular weight is 461 g/mol. The molecule has 34 heavy (non-hydrogen) atoms. The summed E-state index contributed by atoms with van der Waals surface area (Å²) < 4.78 is 19.7.